The zero-order valence-corrected chi connectivity index (χ0v) is 13.7. The third-order valence-electron chi connectivity index (χ3n) is 5.57. The van der Waals surface area contributed by atoms with Gasteiger partial charge in [0, 0.05) is 18.1 Å². The highest BCUT2D eigenvalue weighted by atomic mass is 16.5. The van der Waals surface area contributed by atoms with E-state index in [1.807, 2.05) is 6.92 Å². The normalized spacial score (nSPS) is 24.4. The molecule has 126 valence electrons. The van der Waals surface area contributed by atoms with Crippen LogP contribution in [0.5, 0.6) is 0 Å². The van der Waals surface area contributed by atoms with Crippen molar-refractivity contribution in [3.8, 4) is 0 Å². The molecule has 1 aromatic heterocycles. The van der Waals surface area contributed by atoms with Gasteiger partial charge in [0.1, 0.15) is 0 Å². The van der Waals surface area contributed by atoms with Crippen molar-refractivity contribution in [3.63, 3.8) is 0 Å². The lowest BCUT2D eigenvalue weighted by molar-refractivity contribution is -0.169. The molecule has 4 rings (SSSR count). The molecule has 2 N–H and O–H groups in total. The van der Waals surface area contributed by atoms with Crippen LogP contribution >= 0.6 is 0 Å². The van der Waals surface area contributed by atoms with Gasteiger partial charge in [-0.15, -0.1) is 0 Å². The average molecular weight is 327 g/mol. The molecule has 2 aromatic rings. The van der Waals surface area contributed by atoms with E-state index in [4.69, 9.17) is 4.74 Å². The van der Waals surface area contributed by atoms with Crippen molar-refractivity contribution in [1.82, 2.24) is 15.3 Å². The maximum atomic E-state index is 12.6. The van der Waals surface area contributed by atoms with E-state index in [0.29, 0.717) is 17.5 Å². The van der Waals surface area contributed by atoms with Crippen molar-refractivity contribution in [2.24, 2.45) is 5.41 Å². The Morgan fingerprint density at radius 1 is 1.42 bits per heavy atom. The number of H-pyrrole nitrogens is 1. The van der Waals surface area contributed by atoms with Gasteiger partial charge in [0.25, 0.3) is 11.5 Å². The third kappa shape index (κ3) is 2.24. The lowest BCUT2D eigenvalue weighted by Crippen LogP contribution is -2.67. The summed E-state index contributed by atoms with van der Waals surface area (Å²) in [5.74, 6) is -0.239. The average Bonchev–Trinajstić information content (AvgIpc) is 2.52. The summed E-state index contributed by atoms with van der Waals surface area (Å²) in [6.07, 6.45) is 4.43. The zero-order chi connectivity index (χ0) is 16.7. The summed E-state index contributed by atoms with van der Waals surface area (Å²) < 4.78 is 5.81. The summed E-state index contributed by atoms with van der Waals surface area (Å²) in [7, 11) is 0. The number of amides is 1. The highest BCUT2D eigenvalue weighted by Gasteiger charge is 2.59. The second-order valence-electron chi connectivity index (χ2n) is 6.72. The van der Waals surface area contributed by atoms with Crippen LogP contribution in [-0.4, -0.2) is 34.6 Å². The Morgan fingerprint density at radius 2 is 2.21 bits per heavy atom. The van der Waals surface area contributed by atoms with E-state index >= 15 is 0 Å². The first-order chi connectivity index (χ1) is 11.6. The van der Waals surface area contributed by atoms with Crippen molar-refractivity contribution in [2.75, 3.05) is 6.61 Å². The summed E-state index contributed by atoms with van der Waals surface area (Å²) in [6.45, 7) is 2.70. The number of nitrogens with zero attached hydrogens (tertiary/aromatic N) is 1. The molecule has 0 aliphatic heterocycles. The van der Waals surface area contributed by atoms with Gasteiger partial charge in [-0.25, -0.2) is 4.98 Å². The van der Waals surface area contributed by atoms with Crippen LogP contribution in [0.4, 0.5) is 0 Å². The molecule has 1 heterocycles. The van der Waals surface area contributed by atoms with Crippen LogP contribution in [0.3, 0.4) is 0 Å². The lowest BCUT2D eigenvalue weighted by atomic mass is 9.51. The molecule has 2 saturated carbocycles. The smallest absolute Gasteiger partial charge is 0.287 e. The van der Waals surface area contributed by atoms with Gasteiger partial charge in [-0.05, 0) is 38.3 Å². The molecule has 1 amide bonds. The van der Waals surface area contributed by atoms with Gasteiger partial charge in [0.05, 0.1) is 17.0 Å². The van der Waals surface area contributed by atoms with Crippen LogP contribution in [0.2, 0.25) is 0 Å². The number of hydrogen-bond acceptors (Lipinski definition) is 4. The molecule has 6 nitrogen and oxygen atoms in total. The monoisotopic (exact) mass is 327 g/mol. The van der Waals surface area contributed by atoms with Gasteiger partial charge in [0.2, 0.25) is 0 Å². The molecule has 6 heteroatoms. The van der Waals surface area contributed by atoms with E-state index in [-0.39, 0.29) is 34.9 Å². The highest BCUT2D eigenvalue weighted by molar-refractivity contribution is 5.92. The van der Waals surface area contributed by atoms with E-state index in [1.165, 1.54) is 6.42 Å². The van der Waals surface area contributed by atoms with Gasteiger partial charge in [-0.1, -0.05) is 18.6 Å². The summed E-state index contributed by atoms with van der Waals surface area (Å²) in [5.41, 5.74) is 0.332. The number of aromatic nitrogens is 2. The van der Waals surface area contributed by atoms with E-state index < -0.39 is 0 Å². The lowest BCUT2D eigenvalue weighted by Gasteiger charge is -2.60. The highest BCUT2D eigenvalue weighted by Crippen LogP contribution is 2.57. The standard InChI is InChI=1S/C18H21N3O3/c1-2-24-14-10-13(18(14)8-5-9-18)20-17(23)15-19-12-7-4-3-6-11(12)16(22)21-15/h3-4,6-7,13-14H,2,5,8-10H2,1H3,(H,20,23)(H,19,21,22)/t13-,14+/m1/s1. The summed E-state index contributed by atoms with van der Waals surface area (Å²) in [4.78, 5) is 31.6. The van der Waals surface area contributed by atoms with E-state index in [0.717, 1.165) is 19.3 Å². The second kappa shape index (κ2) is 5.70. The minimum absolute atomic E-state index is 0.0769. The fourth-order valence-corrected chi connectivity index (χ4v) is 4.06. The summed E-state index contributed by atoms with van der Waals surface area (Å²) >= 11 is 0. The zero-order valence-electron chi connectivity index (χ0n) is 13.7. The maximum absolute atomic E-state index is 12.6. The molecule has 0 unspecified atom stereocenters. The Kier molecular flexibility index (Phi) is 3.64. The Hall–Kier alpha value is -2.21. The number of nitrogens with one attached hydrogen (secondary N) is 2. The van der Waals surface area contributed by atoms with Crippen molar-refractivity contribution < 1.29 is 9.53 Å². The molecule has 0 bridgehead atoms. The molecule has 2 fully saturated rings. The fraction of sp³-hybridized carbons (Fsp3) is 0.500. The van der Waals surface area contributed by atoms with Gasteiger partial charge in [-0.3, -0.25) is 9.59 Å². The van der Waals surface area contributed by atoms with E-state index in [9.17, 15) is 9.59 Å². The molecule has 0 radical (unpaired) electrons. The maximum Gasteiger partial charge on any atom is 0.287 e. The molecular weight excluding hydrogens is 306 g/mol. The topological polar surface area (TPSA) is 84.1 Å². The van der Waals surface area contributed by atoms with Crippen LogP contribution in [0.25, 0.3) is 10.9 Å². The van der Waals surface area contributed by atoms with Crippen molar-refractivity contribution >= 4 is 16.8 Å². The van der Waals surface area contributed by atoms with E-state index in [2.05, 4.69) is 15.3 Å². The van der Waals surface area contributed by atoms with Crippen molar-refractivity contribution in [2.45, 2.75) is 44.8 Å². The number of carbonyl (C=O) groups excluding carboxylic acids is 1. The largest absolute Gasteiger partial charge is 0.378 e. The first-order valence-corrected chi connectivity index (χ1v) is 8.55. The number of rotatable bonds is 4. The number of aromatic amines is 1. The Balaban J connectivity index is 1.54. The summed E-state index contributed by atoms with van der Waals surface area (Å²) in [6, 6.07) is 7.13. The molecule has 1 spiro atoms. The minimum atomic E-state index is -0.316. The van der Waals surface area contributed by atoms with Gasteiger partial charge in [0.15, 0.2) is 5.82 Å². The molecule has 24 heavy (non-hydrogen) atoms. The van der Waals surface area contributed by atoms with Gasteiger partial charge >= 0.3 is 0 Å². The number of para-hydroxylation sites is 1. The number of fused-ring (bicyclic) bond motifs is 1. The molecular formula is C18H21N3O3. The summed E-state index contributed by atoms with van der Waals surface area (Å²) in [5, 5.41) is 3.54. The first kappa shape index (κ1) is 15.3. The SMILES string of the molecule is CCO[C@H]1C[C@@H](NC(=O)c2nc3ccccc3c(=O)[nH]2)C12CCC2. The predicted molar refractivity (Wildman–Crippen MR) is 89.9 cm³/mol. The van der Waals surface area contributed by atoms with Crippen LogP contribution in [0.15, 0.2) is 29.1 Å². The molecule has 2 atom stereocenters. The quantitative estimate of drug-likeness (QED) is 0.899. The number of carbonyl (C=O) groups is 1. The fourth-order valence-electron chi connectivity index (χ4n) is 4.06. The molecule has 2 aliphatic carbocycles. The number of hydrogen-bond donors (Lipinski definition) is 2. The molecule has 1 aromatic carbocycles. The Bertz CT molecular complexity index is 841. The Morgan fingerprint density at radius 3 is 2.92 bits per heavy atom. The van der Waals surface area contributed by atoms with Crippen molar-refractivity contribution in [1.29, 1.82) is 0 Å². The number of ether oxygens (including phenoxy) is 1. The second-order valence-corrected chi connectivity index (χ2v) is 6.72. The van der Waals surface area contributed by atoms with Crippen LogP contribution in [0, 0.1) is 5.41 Å². The minimum Gasteiger partial charge on any atom is -0.378 e. The molecule has 2 aliphatic rings. The van der Waals surface area contributed by atoms with E-state index in [1.54, 1.807) is 24.3 Å². The van der Waals surface area contributed by atoms with Crippen molar-refractivity contribution in [3.05, 3.63) is 40.4 Å². The Labute approximate surface area is 139 Å². The van der Waals surface area contributed by atoms with Crippen LogP contribution < -0.4 is 10.9 Å². The van der Waals surface area contributed by atoms with Gasteiger partial charge < -0.3 is 15.0 Å². The van der Waals surface area contributed by atoms with Crippen LogP contribution in [-0.2, 0) is 4.74 Å². The third-order valence-corrected chi connectivity index (χ3v) is 5.57. The van der Waals surface area contributed by atoms with Gasteiger partial charge in [-0.2, -0.15) is 0 Å². The molecule has 0 saturated heterocycles. The predicted octanol–water partition coefficient (Wildman–Crippen LogP) is 2.00. The first-order valence-electron chi connectivity index (χ1n) is 8.55. The number of benzene rings is 1. The van der Waals surface area contributed by atoms with Crippen LogP contribution in [0.1, 0.15) is 43.2 Å².